The van der Waals surface area contributed by atoms with Crippen LogP contribution in [0, 0.1) is 11.2 Å². The van der Waals surface area contributed by atoms with E-state index in [1.165, 1.54) is 0 Å². The molecule has 1 saturated carbocycles. The fraction of sp³-hybridized carbons (Fsp3) is 0.500. The minimum Gasteiger partial charge on any atom is -0.392 e. The highest BCUT2D eigenvalue weighted by molar-refractivity contribution is 6.32. The van der Waals surface area contributed by atoms with Crippen LogP contribution in [0.25, 0.3) is 0 Å². The molecule has 2 atom stereocenters. The normalized spacial score (nSPS) is 25.4. The smallest absolute Gasteiger partial charge is 0.254 e. The molecule has 6 heteroatoms. The van der Waals surface area contributed by atoms with Crippen LogP contribution in [0.15, 0.2) is 12.3 Å². The fourth-order valence-corrected chi connectivity index (χ4v) is 2.15. The average Bonchev–Trinajstić information content (AvgIpc) is 2.31. The van der Waals surface area contributed by atoms with Crippen LogP contribution < -0.4 is 5.32 Å². The lowest BCUT2D eigenvalue weighted by Gasteiger charge is -2.49. The van der Waals surface area contributed by atoms with Crippen LogP contribution in [0.3, 0.4) is 0 Å². The van der Waals surface area contributed by atoms with Crippen molar-refractivity contribution in [1.82, 2.24) is 10.3 Å². The molecule has 0 aromatic carbocycles. The first-order valence-corrected chi connectivity index (χ1v) is 6.00. The lowest BCUT2D eigenvalue weighted by atomic mass is 9.64. The molecule has 4 nitrogen and oxygen atoms in total. The van der Waals surface area contributed by atoms with E-state index >= 15 is 0 Å². The summed E-state index contributed by atoms with van der Waals surface area (Å²) in [6.07, 6.45) is 0.999. The topological polar surface area (TPSA) is 62.2 Å². The van der Waals surface area contributed by atoms with Gasteiger partial charge in [0.15, 0.2) is 0 Å². The number of rotatable bonds is 2. The summed E-state index contributed by atoms with van der Waals surface area (Å²) in [4.78, 5) is 15.5. The van der Waals surface area contributed by atoms with Crippen LogP contribution >= 0.6 is 11.6 Å². The van der Waals surface area contributed by atoms with Crippen LogP contribution in [-0.4, -0.2) is 28.1 Å². The number of nitrogens with zero attached hydrogens (tertiary/aromatic N) is 1. The minimum atomic E-state index is -0.613. The number of carbonyl (C=O) groups excluding carboxylic acids is 1. The summed E-state index contributed by atoms with van der Waals surface area (Å²) < 4.78 is 13.0. The number of pyridine rings is 1. The van der Waals surface area contributed by atoms with Crippen molar-refractivity contribution in [2.24, 2.45) is 5.41 Å². The van der Waals surface area contributed by atoms with Crippen molar-refractivity contribution in [1.29, 1.82) is 0 Å². The number of halogens is 2. The molecule has 1 aliphatic rings. The van der Waals surface area contributed by atoms with Gasteiger partial charge in [0.25, 0.3) is 5.91 Å². The van der Waals surface area contributed by atoms with E-state index in [0.29, 0.717) is 6.42 Å². The lowest BCUT2D eigenvalue weighted by molar-refractivity contribution is -0.0689. The molecule has 0 saturated heterocycles. The number of aromatic nitrogens is 1. The highest BCUT2D eigenvalue weighted by Gasteiger charge is 2.48. The van der Waals surface area contributed by atoms with Gasteiger partial charge in [-0.15, -0.1) is 0 Å². The Balaban J connectivity index is 2.12. The van der Waals surface area contributed by atoms with E-state index in [1.807, 2.05) is 13.8 Å². The number of hydrogen-bond donors (Lipinski definition) is 2. The fourth-order valence-electron chi connectivity index (χ4n) is 1.97. The zero-order valence-corrected chi connectivity index (χ0v) is 10.8. The highest BCUT2D eigenvalue weighted by atomic mass is 35.5. The zero-order valence-electron chi connectivity index (χ0n) is 10.1. The van der Waals surface area contributed by atoms with Gasteiger partial charge in [-0.2, -0.15) is 0 Å². The second-order valence-electron chi connectivity index (χ2n) is 5.09. The van der Waals surface area contributed by atoms with Gasteiger partial charge in [-0.05, 0) is 12.5 Å². The Labute approximate surface area is 109 Å². The summed E-state index contributed by atoms with van der Waals surface area (Å²) in [6.45, 7) is 3.72. The van der Waals surface area contributed by atoms with Crippen LogP contribution in [0.5, 0.6) is 0 Å². The Hall–Kier alpha value is -1.20. The van der Waals surface area contributed by atoms with Crippen LogP contribution in [0.2, 0.25) is 5.15 Å². The maximum absolute atomic E-state index is 13.0. The van der Waals surface area contributed by atoms with Gasteiger partial charge in [0, 0.05) is 11.5 Å². The zero-order chi connectivity index (χ0) is 13.5. The van der Waals surface area contributed by atoms with Gasteiger partial charge in [0.2, 0.25) is 0 Å². The molecule has 1 amide bonds. The van der Waals surface area contributed by atoms with E-state index in [9.17, 15) is 14.3 Å². The predicted octanol–water partition coefficient (Wildman–Crippen LogP) is 1.76. The molecule has 0 bridgehead atoms. The van der Waals surface area contributed by atoms with Crippen molar-refractivity contribution in [3.63, 3.8) is 0 Å². The molecule has 2 unspecified atom stereocenters. The quantitative estimate of drug-likeness (QED) is 0.807. The first-order chi connectivity index (χ1) is 8.32. The Bertz CT molecular complexity index is 493. The molecule has 2 rings (SSSR count). The number of hydrogen-bond acceptors (Lipinski definition) is 3. The van der Waals surface area contributed by atoms with Gasteiger partial charge in [0.1, 0.15) is 11.0 Å². The van der Waals surface area contributed by atoms with Crippen molar-refractivity contribution in [3.8, 4) is 0 Å². The van der Waals surface area contributed by atoms with E-state index in [-0.39, 0.29) is 22.2 Å². The molecule has 2 N–H and O–H groups in total. The predicted molar refractivity (Wildman–Crippen MR) is 64.9 cm³/mol. The summed E-state index contributed by atoms with van der Waals surface area (Å²) >= 11 is 5.75. The first kappa shape index (κ1) is 13.2. The van der Waals surface area contributed by atoms with Crippen LogP contribution in [0.1, 0.15) is 30.6 Å². The molecular formula is C12H14ClFN2O2. The number of nitrogens with one attached hydrogen (secondary N) is 1. The molecule has 0 spiro atoms. The second kappa shape index (κ2) is 4.48. The summed E-state index contributed by atoms with van der Waals surface area (Å²) in [5.74, 6) is -1.09. The molecule has 98 valence electrons. The summed E-state index contributed by atoms with van der Waals surface area (Å²) in [6, 6.07) is 0.895. The largest absolute Gasteiger partial charge is 0.392 e. The van der Waals surface area contributed by atoms with E-state index in [1.54, 1.807) is 0 Å². The van der Waals surface area contributed by atoms with E-state index in [4.69, 9.17) is 11.6 Å². The van der Waals surface area contributed by atoms with Crippen molar-refractivity contribution in [2.75, 3.05) is 0 Å². The van der Waals surface area contributed by atoms with Gasteiger partial charge in [0.05, 0.1) is 17.9 Å². The van der Waals surface area contributed by atoms with Crippen molar-refractivity contribution in [2.45, 2.75) is 32.4 Å². The number of aliphatic hydroxyl groups is 1. The molecule has 1 fully saturated rings. The maximum atomic E-state index is 13.0. The van der Waals surface area contributed by atoms with Crippen molar-refractivity contribution in [3.05, 3.63) is 28.8 Å². The standard InChI is InChI=1S/C12H14ClFN2O2/c1-12(2)8(4-9(12)17)16-11(18)7-3-6(14)5-15-10(7)13/h3,5,8-9,17H,4H2,1-2H3,(H,16,18). The van der Waals surface area contributed by atoms with Crippen LogP contribution in [-0.2, 0) is 0 Å². The van der Waals surface area contributed by atoms with Crippen molar-refractivity contribution >= 4 is 17.5 Å². The Morgan fingerprint density at radius 1 is 1.67 bits per heavy atom. The number of amides is 1. The second-order valence-corrected chi connectivity index (χ2v) is 5.45. The third-order valence-corrected chi connectivity index (χ3v) is 3.87. The number of carbonyl (C=O) groups is 1. The molecule has 1 aliphatic carbocycles. The summed E-state index contributed by atoms with van der Waals surface area (Å²) in [5.41, 5.74) is -0.378. The summed E-state index contributed by atoms with van der Waals surface area (Å²) in [7, 11) is 0. The lowest BCUT2D eigenvalue weighted by Crippen LogP contribution is -2.61. The molecule has 0 radical (unpaired) electrons. The van der Waals surface area contributed by atoms with Gasteiger partial charge >= 0.3 is 0 Å². The molecular weight excluding hydrogens is 259 g/mol. The molecule has 0 aliphatic heterocycles. The maximum Gasteiger partial charge on any atom is 0.254 e. The number of aliphatic hydroxyl groups excluding tert-OH is 1. The third kappa shape index (κ3) is 2.20. The minimum absolute atomic E-state index is 0.00820. The SMILES string of the molecule is CC1(C)C(O)CC1NC(=O)c1cc(F)cnc1Cl. The molecule has 1 aromatic heterocycles. The Morgan fingerprint density at radius 3 is 2.89 bits per heavy atom. The highest BCUT2D eigenvalue weighted by Crippen LogP contribution is 2.40. The Morgan fingerprint density at radius 2 is 2.33 bits per heavy atom. The third-order valence-electron chi connectivity index (χ3n) is 3.57. The van der Waals surface area contributed by atoms with E-state index < -0.39 is 17.8 Å². The van der Waals surface area contributed by atoms with Gasteiger partial charge < -0.3 is 10.4 Å². The molecule has 1 aromatic rings. The van der Waals surface area contributed by atoms with Crippen LogP contribution in [0.4, 0.5) is 4.39 Å². The van der Waals surface area contributed by atoms with Gasteiger partial charge in [-0.1, -0.05) is 25.4 Å². The molecule has 18 heavy (non-hydrogen) atoms. The first-order valence-electron chi connectivity index (χ1n) is 5.62. The van der Waals surface area contributed by atoms with Gasteiger partial charge in [-0.25, -0.2) is 9.37 Å². The monoisotopic (exact) mass is 272 g/mol. The van der Waals surface area contributed by atoms with E-state index in [0.717, 1.165) is 12.3 Å². The molecule has 1 heterocycles. The van der Waals surface area contributed by atoms with Gasteiger partial charge in [-0.3, -0.25) is 4.79 Å². The average molecular weight is 273 g/mol. The van der Waals surface area contributed by atoms with E-state index in [2.05, 4.69) is 10.3 Å². The summed E-state index contributed by atoms with van der Waals surface area (Å²) in [5, 5.41) is 12.3. The Kier molecular flexibility index (Phi) is 3.29. The van der Waals surface area contributed by atoms with Crippen molar-refractivity contribution < 1.29 is 14.3 Å².